The summed E-state index contributed by atoms with van der Waals surface area (Å²) in [4.78, 5) is 16.8. The fourth-order valence-electron chi connectivity index (χ4n) is 3.96. The lowest BCUT2D eigenvalue weighted by atomic mass is 10.1. The number of benzene rings is 2. The second kappa shape index (κ2) is 11.4. The third-order valence-corrected chi connectivity index (χ3v) is 9.29. The molecule has 1 fully saturated rings. The number of carbonyl (C=O) groups is 1. The zero-order valence-electron chi connectivity index (χ0n) is 19.2. The number of hydrogen-bond donors (Lipinski definition) is 0. The first-order valence-corrected chi connectivity index (χ1v) is 14.3. The van der Waals surface area contributed by atoms with Gasteiger partial charge in [-0.05, 0) is 54.3 Å². The van der Waals surface area contributed by atoms with Gasteiger partial charge in [-0.15, -0.1) is 11.3 Å². The number of amides is 1. The topological polar surface area (TPSA) is 66.9 Å². The van der Waals surface area contributed by atoms with Gasteiger partial charge in [0.05, 0.1) is 28.7 Å². The van der Waals surface area contributed by atoms with E-state index in [1.54, 1.807) is 28.4 Å². The molecule has 1 unspecified atom stereocenters. The van der Waals surface area contributed by atoms with Crippen molar-refractivity contribution in [2.75, 3.05) is 26.3 Å². The molecule has 3 aromatic rings. The highest BCUT2D eigenvalue weighted by atomic mass is 35.5. The molecular formula is C25H26Cl2N2O4S2. The predicted molar refractivity (Wildman–Crippen MR) is 140 cm³/mol. The van der Waals surface area contributed by atoms with E-state index in [1.165, 1.54) is 22.5 Å². The van der Waals surface area contributed by atoms with Gasteiger partial charge in [-0.3, -0.25) is 4.79 Å². The minimum atomic E-state index is -3.77. The molecule has 0 spiro atoms. The molecule has 4 rings (SSSR count). The molecule has 10 heteroatoms. The van der Waals surface area contributed by atoms with Gasteiger partial charge < -0.3 is 9.64 Å². The van der Waals surface area contributed by atoms with Crippen LogP contribution in [0.25, 0.3) is 0 Å². The summed E-state index contributed by atoms with van der Waals surface area (Å²) in [5.74, 6) is -0.326. The van der Waals surface area contributed by atoms with Crippen LogP contribution in [0, 0.1) is 0 Å². The first kappa shape index (κ1) is 26.1. The van der Waals surface area contributed by atoms with Crippen LogP contribution in [0.1, 0.15) is 27.7 Å². The molecule has 186 valence electrons. The van der Waals surface area contributed by atoms with Crippen molar-refractivity contribution in [1.82, 2.24) is 9.21 Å². The van der Waals surface area contributed by atoms with Crippen LogP contribution in [0.15, 0.2) is 64.9 Å². The molecule has 0 radical (unpaired) electrons. The first-order valence-electron chi connectivity index (χ1n) is 11.2. The Labute approximate surface area is 220 Å². The Hall–Kier alpha value is -1.94. The van der Waals surface area contributed by atoms with E-state index in [-0.39, 0.29) is 40.5 Å². The lowest BCUT2D eigenvalue weighted by molar-refractivity contribution is 0.0675. The fraction of sp³-hybridized carbons (Fsp3) is 0.320. The largest absolute Gasteiger partial charge is 0.379 e. The highest BCUT2D eigenvalue weighted by molar-refractivity contribution is 7.89. The molecular weight excluding hydrogens is 527 g/mol. The van der Waals surface area contributed by atoms with Crippen LogP contribution in [0.5, 0.6) is 0 Å². The van der Waals surface area contributed by atoms with Crippen molar-refractivity contribution < 1.29 is 17.9 Å². The lowest BCUT2D eigenvalue weighted by Crippen LogP contribution is -2.41. The summed E-state index contributed by atoms with van der Waals surface area (Å²) in [6.07, 6.45) is 0.667. The molecule has 1 aliphatic rings. The second-order valence-corrected chi connectivity index (χ2v) is 12.2. The molecule has 6 nitrogen and oxygen atoms in total. The number of hydrogen-bond acceptors (Lipinski definition) is 5. The van der Waals surface area contributed by atoms with Gasteiger partial charge in [-0.1, -0.05) is 41.4 Å². The maximum atomic E-state index is 13.9. The van der Waals surface area contributed by atoms with Crippen LogP contribution in [0.2, 0.25) is 10.0 Å². The molecule has 1 aromatic heterocycles. The predicted octanol–water partition coefficient (Wildman–Crippen LogP) is 5.35. The molecule has 0 saturated carbocycles. The second-order valence-electron chi connectivity index (χ2n) is 8.35. The summed E-state index contributed by atoms with van der Waals surface area (Å²) in [5, 5.41) is 2.83. The Morgan fingerprint density at radius 3 is 2.49 bits per heavy atom. The van der Waals surface area contributed by atoms with Crippen molar-refractivity contribution in [3.8, 4) is 0 Å². The molecule has 0 N–H and O–H groups in total. The third kappa shape index (κ3) is 6.25. The van der Waals surface area contributed by atoms with Gasteiger partial charge in [0, 0.05) is 42.0 Å². The van der Waals surface area contributed by atoms with Crippen molar-refractivity contribution in [2.24, 2.45) is 0 Å². The molecule has 1 atom stereocenters. The van der Waals surface area contributed by atoms with Crippen LogP contribution < -0.4 is 0 Å². The zero-order valence-corrected chi connectivity index (χ0v) is 22.3. The molecule has 2 aromatic carbocycles. The Bertz CT molecular complexity index is 1260. The molecule has 0 aliphatic carbocycles. The van der Waals surface area contributed by atoms with Gasteiger partial charge in [-0.2, -0.15) is 4.31 Å². The number of sulfonamides is 1. The Balaban J connectivity index is 1.67. The minimum Gasteiger partial charge on any atom is -0.379 e. The van der Waals surface area contributed by atoms with E-state index in [4.69, 9.17) is 27.9 Å². The number of halogens is 2. The average molecular weight is 554 g/mol. The van der Waals surface area contributed by atoms with Gasteiger partial charge in [0.2, 0.25) is 10.0 Å². The standard InChI is InChI=1S/C25H26Cl2N2O4S2/c1-18(15-21-3-2-14-34-21)29(17-19-4-6-20(26)7-5-19)25(30)23-16-22(8-9-24(23)27)35(31,32)28-10-12-33-13-11-28/h2-9,14,16,18H,10-13,15,17H2,1H3. The molecule has 2 heterocycles. The van der Waals surface area contributed by atoms with Crippen molar-refractivity contribution in [1.29, 1.82) is 0 Å². The normalized spacial score (nSPS) is 15.6. The average Bonchev–Trinajstić information content (AvgIpc) is 3.37. The zero-order chi connectivity index (χ0) is 25.0. The summed E-state index contributed by atoms with van der Waals surface area (Å²) in [6.45, 7) is 3.54. The van der Waals surface area contributed by atoms with Gasteiger partial charge in [0.15, 0.2) is 0 Å². The van der Waals surface area contributed by atoms with Gasteiger partial charge >= 0.3 is 0 Å². The maximum absolute atomic E-state index is 13.9. The lowest BCUT2D eigenvalue weighted by Gasteiger charge is -2.30. The van der Waals surface area contributed by atoms with Crippen LogP contribution in [-0.4, -0.2) is 55.9 Å². The summed E-state index contributed by atoms with van der Waals surface area (Å²) in [7, 11) is -3.77. The highest BCUT2D eigenvalue weighted by Crippen LogP contribution is 2.27. The van der Waals surface area contributed by atoms with E-state index in [2.05, 4.69) is 0 Å². The summed E-state index contributed by atoms with van der Waals surface area (Å²) >= 11 is 14.1. The van der Waals surface area contributed by atoms with Gasteiger partial charge in [-0.25, -0.2) is 8.42 Å². The van der Waals surface area contributed by atoms with E-state index in [9.17, 15) is 13.2 Å². The monoisotopic (exact) mass is 552 g/mol. The van der Waals surface area contributed by atoms with Crippen LogP contribution >= 0.6 is 34.5 Å². The van der Waals surface area contributed by atoms with Crippen LogP contribution in [0.4, 0.5) is 0 Å². The van der Waals surface area contributed by atoms with E-state index >= 15 is 0 Å². The van der Waals surface area contributed by atoms with Crippen molar-refractivity contribution in [2.45, 2.75) is 30.8 Å². The summed E-state index contributed by atoms with van der Waals surface area (Å²) in [5.41, 5.74) is 1.07. The molecule has 1 amide bonds. The van der Waals surface area contributed by atoms with E-state index in [1.807, 2.05) is 36.6 Å². The number of morpholine rings is 1. The fourth-order valence-corrected chi connectivity index (χ4v) is 6.55. The molecule has 1 saturated heterocycles. The molecule has 0 bridgehead atoms. The minimum absolute atomic E-state index is 0.0458. The Morgan fingerprint density at radius 1 is 1.11 bits per heavy atom. The van der Waals surface area contributed by atoms with Gasteiger partial charge in [0.1, 0.15) is 0 Å². The number of ether oxygens (including phenoxy) is 1. The van der Waals surface area contributed by atoms with Gasteiger partial charge in [0.25, 0.3) is 5.91 Å². The summed E-state index contributed by atoms with van der Waals surface area (Å²) < 4.78 is 33.1. The number of rotatable bonds is 8. The summed E-state index contributed by atoms with van der Waals surface area (Å²) in [6, 6.07) is 15.5. The maximum Gasteiger partial charge on any atom is 0.255 e. The van der Waals surface area contributed by atoms with Crippen LogP contribution in [-0.2, 0) is 27.7 Å². The quantitative estimate of drug-likeness (QED) is 0.377. The Kier molecular flexibility index (Phi) is 8.52. The Morgan fingerprint density at radius 2 is 1.83 bits per heavy atom. The molecule has 1 aliphatic heterocycles. The van der Waals surface area contributed by atoms with E-state index < -0.39 is 10.0 Å². The highest BCUT2D eigenvalue weighted by Gasteiger charge is 2.30. The molecule has 35 heavy (non-hydrogen) atoms. The van der Waals surface area contributed by atoms with Crippen molar-refractivity contribution in [3.63, 3.8) is 0 Å². The van der Waals surface area contributed by atoms with E-state index in [0.717, 1.165) is 10.4 Å². The number of carbonyl (C=O) groups excluding carboxylic acids is 1. The first-order chi connectivity index (χ1) is 16.8. The third-order valence-electron chi connectivity index (χ3n) is 5.91. The SMILES string of the molecule is CC(Cc1cccs1)N(Cc1ccc(Cl)cc1)C(=O)c1cc(S(=O)(=O)N2CCOCC2)ccc1Cl. The van der Waals surface area contributed by atoms with Crippen molar-refractivity contribution >= 4 is 50.5 Å². The smallest absolute Gasteiger partial charge is 0.255 e. The van der Waals surface area contributed by atoms with E-state index in [0.29, 0.717) is 31.2 Å². The number of nitrogens with zero attached hydrogens (tertiary/aromatic N) is 2. The van der Waals surface area contributed by atoms with Crippen molar-refractivity contribution in [3.05, 3.63) is 86.0 Å². The number of thiophene rings is 1. The van der Waals surface area contributed by atoms with Crippen LogP contribution in [0.3, 0.4) is 0 Å².